The zero-order chi connectivity index (χ0) is 36.0. The van der Waals surface area contributed by atoms with Crippen molar-refractivity contribution in [3.8, 4) is 33.4 Å². The number of hydrogen-bond acceptors (Lipinski definition) is 3. The Balaban J connectivity index is 1.10. The highest BCUT2D eigenvalue weighted by molar-refractivity contribution is 6.17. The van der Waals surface area contributed by atoms with E-state index in [1.807, 2.05) is 6.07 Å². The molecule has 0 amide bonds. The summed E-state index contributed by atoms with van der Waals surface area (Å²) in [5, 5.41) is 4.21. The second-order valence-electron chi connectivity index (χ2n) is 14.9. The first kappa shape index (κ1) is 30.8. The molecule has 2 aromatic heterocycles. The van der Waals surface area contributed by atoms with Crippen molar-refractivity contribution in [3.05, 3.63) is 187 Å². The molecule has 0 N–H and O–H groups in total. The fourth-order valence-corrected chi connectivity index (χ4v) is 8.73. The van der Waals surface area contributed by atoms with Crippen LogP contribution in [0.1, 0.15) is 25.0 Å². The Labute approximate surface area is 313 Å². The van der Waals surface area contributed by atoms with Gasteiger partial charge in [0.1, 0.15) is 16.7 Å². The molecule has 0 fully saturated rings. The summed E-state index contributed by atoms with van der Waals surface area (Å²) in [5.74, 6) is 0. The number of fused-ring (bicyclic) bond motifs is 9. The summed E-state index contributed by atoms with van der Waals surface area (Å²) in [4.78, 5) is 2.35. The minimum atomic E-state index is -0.132. The summed E-state index contributed by atoms with van der Waals surface area (Å²) in [6.45, 7) is 4.67. The van der Waals surface area contributed by atoms with Gasteiger partial charge in [0.2, 0.25) is 0 Å². The number of rotatable bonds is 5. The maximum absolute atomic E-state index is 6.94. The SMILES string of the molecule is CC1(C)c2ccccc2-c2ccc(N(c3ccc(-c4ccccc4)cc3)c3cccc4c3oc3cc5c(cc34)oc3ccc(-c4ccccc4)cc35)cc21. The Bertz CT molecular complexity index is 3060. The first-order valence-electron chi connectivity index (χ1n) is 18.6. The lowest BCUT2D eigenvalue weighted by Gasteiger charge is -2.28. The number of benzene rings is 8. The van der Waals surface area contributed by atoms with Crippen molar-refractivity contribution in [1.82, 2.24) is 0 Å². The molecule has 54 heavy (non-hydrogen) atoms. The first-order chi connectivity index (χ1) is 26.5. The van der Waals surface area contributed by atoms with E-state index >= 15 is 0 Å². The molecule has 3 heteroatoms. The maximum atomic E-state index is 6.94. The van der Waals surface area contributed by atoms with Gasteiger partial charge in [0.15, 0.2) is 5.58 Å². The van der Waals surface area contributed by atoms with Crippen LogP contribution in [-0.4, -0.2) is 0 Å². The average Bonchev–Trinajstić information content (AvgIpc) is 3.85. The van der Waals surface area contributed by atoms with Crippen LogP contribution in [0.15, 0.2) is 185 Å². The topological polar surface area (TPSA) is 29.5 Å². The summed E-state index contributed by atoms with van der Waals surface area (Å²) in [6.07, 6.45) is 0. The zero-order valence-corrected chi connectivity index (χ0v) is 30.0. The molecule has 0 saturated carbocycles. The Kier molecular flexibility index (Phi) is 6.60. The molecule has 11 rings (SSSR count). The van der Waals surface area contributed by atoms with Gasteiger partial charge >= 0.3 is 0 Å². The van der Waals surface area contributed by atoms with Crippen molar-refractivity contribution in [2.24, 2.45) is 0 Å². The molecule has 0 unspecified atom stereocenters. The van der Waals surface area contributed by atoms with Crippen LogP contribution < -0.4 is 4.90 Å². The lowest BCUT2D eigenvalue weighted by molar-refractivity contribution is 0.660. The monoisotopic (exact) mass is 693 g/mol. The molecule has 1 aliphatic carbocycles. The standard InChI is InChI=1S/C51H35NO2/c1-51(2)44-18-10-9-16-38(44)39-26-25-37(29-45(39)51)52(36-23-20-34(21-24-36)32-12-5-3-6-13-32)46-19-11-17-40-42-30-48-43(31-49(42)54-50(40)46)41-28-35(22-27-47(41)53-48)33-14-7-4-8-15-33/h3-31H,1-2H3. The van der Waals surface area contributed by atoms with Gasteiger partial charge in [-0.2, -0.15) is 0 Å². The van der Waals surface area contributed by atoms with E-state index in [2.05, 4.69) is 189 Å². The zero-order valence-electron chi connectivity index (χ0n) is 30.0. The van der Waals surface area contributed by atoms with E-state index in [0.717, 1.165) is 66.5 Å². The van der Waals surface area contributed by atoms with Gasteiger partial charge in [-0.15, -0.1) is 0 Å². The lowest BCUT2D eigenvalue weighted by atomic mass is 9.82. The van der Waals surface area contributed by atoms with E-state index in [1.165, 1.54) is 38.9 Å². The molecular weight excluding hydrogens is 659 g/mol. The third kappa shape index (κ3) is 4.61. The Morgan fingerprint density at radius 1 is 0.389 bits per heavy atom. The minimum Gasteiger partial charge on any atom is -0.456 e. The van der Waals surface area contributed by atoms with Crippen LogP contribution in [0.5, 0.6) is 0 Å². The second-order valence-corrected chi connectivity index (χ2v) is 14.9. The smallest absolute Gasteiger partial charge is 0.159 e. The van der Waals surface area contributed by atoms with Gasteiger partial charge in [-0.05, 0) is 99.1 Å². The van der Waals surface area contributed by atoms with Gasteiger partial charge in [-0.3, -0.25) is 0 Å². The molecule has 0 atom stereocenters. The van der Waals surface area contributed by atoms with Gasteiger partial charge < -0.3 is 13.7 Å². The van der Waals surface area contributed by atoms with Crippen LogP contribution in [-0.2, 0) is 5.41 Å². The van der Waals surface area contributed by atoms with E-state index in [-0.39, 0.29) is 5.41 Å². The number of furan rings is 2. The first-order valence-corrected chi connectivity index (χ1v) is 18.6. The van der Waals surface area contributed by atoms with E-state index in [4.69, 9.17) is 8.83 Å². The molecule has 3 nitrogen and oxygen atoms in total. The molecular formula is C51H35NO2. The van der Waals surface area contributed by atoms with E-state index < -0.39 is 0 Å². The number of nitrogens with zero attached hydrogens (tertiary/aromatic N) is 1. The van der Waals surface area contributed by atoms with Gasteiger partial charge in [0.05, 0.1) is 5.69 Å². The Morgan fingerprint density at radius 3 is 1.76 bits per heavy atom. The number of para-hydroxylation sites is 1. The maximum Gasteiger partial charge on any atom is 0.159 e. The van der Waals surface area contributed by atoms with Crippen molar-refractivity contribution in [2.75, 3.05) is 4.90 Å². The summed E-state index contributed by atoms with van der Waals surface area (Å²) < 4.78 is 13.4. The van der Waals surface area contributed by atoms with Crippen LogP contribution in [0, 0.1) is 0 Å². The van der Waals surface area contributed by atoms with Gasteiger partial charge in [0.25, 0.3) is 0 Å². The highest BCUT2D eigenvalue weighted by Gasteiger charge is 2.36. The van der Waals surface area contributed by atoms with Crippen LogP contribution in [0.2, 0.25) is 0 Å². The molecule has 1 aliphatic rings. The molecule has 2 heterocycles. The molecule has 0 spiro atoms. The molecule has 8 aromatic carbocycles. The molecule has 0 saturated heterocycles. The summed E-state index contributed by atoms with van der Waals surface area (Å²) >= 11 is 0. The van der Waals surface area contributed by atoms with Crippen LogP contribution >= 0.6 is 0 Å². The van der Waals surface area contributed by atoms with E-state index in [0.29, 0.717) is 0 Å². The molecule has 0 aliphatic heterocycles. The van der Waals surface area contributed by atoms with E-state index in [9.17, 15) is 0 Å². The van der Waals surface area contributed by atoms with Gasteiger partial charge in [-0.1, -0.05) is 135 Å². The fraction of sp³-hybridized carbons (Fsp3) is 0.0588. The minimum absolute atomic E-state index is 0.132. The van der Waals surface area contributed by atoms with Crippen LogP contribution in [0.25, 0.3) is 77.3 Å². The summed E-state index contributed by atoms with van der Waals surface area (Å²) in [7, 11) is 0. The normalized spacial score (nSPS) is 13.1. The van der Waals surface area contributed by atoms with Crippen molar-refractivity contribution < 1.29 is 8.83 Å². The highest BCUT2D eigenvalue weighted by atomic mass is 16.3. The predicted octanol–water partition coefficient (Wildman–Crippen LogP) is 14.6. The highest BCUT2D eigenvalue weighted by Crippen LogP contribution is 2.51. The van der Waals surface area contributed by atoms with Crippen molar-refractivity contribution in [2.45, 2.75) is 19.3 Å². The molecule has 0 bridgehead atoms. The van der Waals surface area contributed by atoms with Gasteiger partial charge in [-0.25, -0.2) is 0 Å². The van der Waals surface area contributed by atoms with Crippen LogP contribution in [0.3, 0.4) is 0 Å². The van der Waals surface area contributed by atoms with Crippen molar-refractivity contribution in [3.63, 3.8) is 0 Å². The van der Waals surface area contributed by atoms with Crippen molar-refractivity contribution >= 4 is 60.9 Å². The third-order valence-electron chi connectivity index (χ3n) is 11.5. The predicted molar refractivity (Wildman–Crippen MR) is 224 cm³/mol. The second kappa shape index (κ2) is 11.6. The number of anilines is 3. The van der Waals surface area contributed by atoms with Crippen LogP contribution in [0.4, 0.5) is 17.1 Å². The summed E-state index contributed by atoms with van der Waals surface area (Å²) in [6, 6.07) is 62.9. The Morgan fingerprint density at radius 2 is 0.981 bits per heavy atom. The largest absolute Gasteiger partial charge is 0.456 e. The summed E-state index contributed by atoms with van der Waals surface area (Å²) in [5.41, 5.74) is 16.4. The Hall–Kier alpha value is -6.84. The average molecular weight is 694 g/mol. The van der Waals surface area contributed by atoms with E-state index in [1.54, 1.807) is 0 Å². The quantitative estimate of drug-likeness (QED) is 0.180. The molecule has 256 valence electrons. The third-order valence-corrected chi connectivity index (χ3v) is 11.5. The molecule has 10 aromatic rings. The van der Waals surface area contributed by atoms with Crippen molar-refractivity contribution in [1.29, 1.82) is 0 Å². The fourth-order valence-electron chi connectivity index (χ4n) is 8.73. The number of hydrogen-bond donors (Lipinski definition) is 0. The lowest BCUT2D eigenvalue weighted by Crippen LogP contribution is -2.16. The molecule has 0 radical (unpaired) electrons. The van der Waals surface area contributed by atoms with Gasteiger partial charge in [0, 0.05) is 38.3 Å².